The third-order valence-corrected chi connectivity index (χ3v) is 3.73. The maximum absolute atomic E-state index is 10.1. The number of hydrogen-bond acceptors (Lipinski definition) is 3. The molecule has 1 aromatic carbocycles. The Balaban J connectivity index is 1.85. The van der Waals surface area contributed by atoms with Crippen molar-refractivity contribution >= 4 is 0 Å². The van der Waals surface area contributed by atoms with E-state index >= 15 is 0 Å². The van der Waals surface area contributed by atoms with Gasteiger partial charge in [-0.2, -0.15) is 0 Å². The van der Waals surface area contributed by atoms with Crippen LogP contribution in [0.25, 0.3) is 0 Å². The summed E-state index contributed by atoms with van der Waals surface area (Å²) in [7, 11) is 0. The number of rotatable bonds is 8. The van der Waals surface area contributed by atoms with Crippen molar-refractivity contribution in [2.24, 2.45) is 0 Å². The Morgan fingerprint density at radius 2 is 1.71 bits per heavy atom. The molecule has 0 aliphatic heterocycles. The summed E-state index contributed by atoms with van der Waals surface area (Å²) in [5, 5.41) is 13.5. The third kappa shape index (κ3) is 4.96. The Morgan fingerprint density at radius 3 is 2.38 bits per heavy atom. The van der Waals surface area contributed by atoms with E-state index in [-0.39, 0.29) is 0 Å². The van der Waals surface area contributed by atoms with E-state index in [0.717, 1.165) is 24.9 Å². The van der Waals surface area contributed by atoms with E-state index in [4.69, 9.17) is 0 Å². The first-order chi connectivity index (χ1) is 10.3. The van der Waals surface area contributed by atoms with Crippen molar-refractivity contribution in [2.45, 2.75) is 31.8 Å². The zero-order valence-electron chi connectivity index (χ0n) is 12.6. The predicted octanol–water partition coefficient (Wildman–Crippen LogP) is 3.29. The van der Waals surface area contributed by atoms with Crippen LogP contribution in [0.1, 0.15) is 42.9 Å². The highest BCUT2D eigenvalue weighted by molar-refractivity contribution is 5.20. The second kappa shape index (κ2) is 8.55. The van der Waals surface area contributed by atoms with Crippen molar-refractivity contribution in [2.75, 3.05) is 13.1 Å². The predicted molar refractivity (Wildman–Crippen MR) is 86.2 cm³/mol. The maximum atomic E-state index is 10.1. The van der Waals surface area contributed by atoms with Crippen molar-refractivity contribution in [1.29, 1.82) is 0 Å². The Morgan fingerprint density at radius 1 is 1.00 bits per heavy atom. The molecule has 2 unspecified atom stereocenters. The molecule has 0 fully saturated rings. The number of aliphatic hydroxyl groups is 1. The summed E-state index contributed by atoms with van der Waals surface area (Å²) in [6.07, 6.45) is 5.26. The Bertz CT molecular complexity index is 501. The smallest absolute Gasteiger partial charge is 0.0915 e. The summed E-state index contributed by atoms with van der Waals surface area (Å²) in [6.45, 7) is 3.67. The second-order valence-corrected chi connectivity index (χ2v) is 5.35. The molecule has 2 aromatic rings. The summed E-state index contributed by atoms with van der Waals surface area (Å²) >= 11 is 0. The zero-order chi connectivity index (χ0) is 14.9. The number of hydrogen-bond donors (Lipinski definition) is 2. The van der Waals surface area contributed by atoms with Gasteiger partial charge in [0.25, 0.3) is 0 Å². The molecule has 0 spiro atoms. The van der Waals surface area contributed by atoms with Gasteiger partial charge in [-0.3, -0.25) is 4.98 Å². The number of nitrogens with zero attached hydrogens (tertiary/aromatic N) is 1. The van der Waals surface area contributed by atoms with Crippen LogP contribution in [0.4, 0.5) is 0 Å². The van der Waals surface area contributed by atoms with Gasteiger partial charge in [0.15, 0.2) is 0 Å². The molecule has 2 rings (SSSR count). The fourth-order valence-corrected chi connectivity index (χ4v) is 2.56. The van der Waals surface area contributed by atoms with Crippen molar-refractivity contribution < 1.29 is 5.11 Å². The molecular formula is C18H24N2O. The lowest BCUT2D eigenvalue weighted by molar-refractivity contribution is 0.174. The van der Waals surface area contributed by atoms with E-state index in [9.17, 15) is 5.11 Å². The summed E-state index contributed by atoms with van der Waals surface area (Å²) in [4.78, 5) is 3.97. The van der Waals surface area contributed by atoms with Crippen LogP contribution >= 0.6 is 0 Å². The monoisotopic (exact) mass is 284 g/mol. The van der Waals surface area contributed by atoms with E-state index in [0.29, 0.717) is 12.5 Å². The topological polar surface area (TPSA) is 45.1 Å². The maximum Gasteiger partial charge on any atom is 0.0915 e. The number of aromatic nitrogens is 1. The van der Waals surface area contributed by atoms with Crippen LogP contribution in [0, 0.1) is 0 Å². The number of nitrogens with one attached hydrogen (secondary N) is 1. The van der Waals surface area contributed by atoms with Crippen molar-refractivity contribution in [3.8, 4) is 0 Å². The molecule has 2 atom stereocenters. The lowest BCUT2D eigenvalue weighted by atomic mass is 9.94. The minimum Gasteiger partial charge on any atom is -0.387 e. The fourth-order valence-electron chi connectivity index (χ4n) is 2.56. The van der Waals surface area contributed by atoms with Crippen molar-refractivity contribution in [1.82, 2.24) is 10.3 Å². The minimum atomic E-state index is -0.481. The van der Waals surface area contributed by atoms with Gasteiger partial charge >= 0.3 is 0 Å². The van der Waals surface area contributed by atoms with Gasteiger partial charge in [-0.15, -0.1) is 0 Å². The van der Waals surface area contributed by atoms with Gasteiger partial charge < -0.3 is 10.4 Å². The Labute approximate surface area is 127 Å². The molecule has 0 radical (unpaired) electrons. The van der Waals surface area contributed by atoms with Crippen molar-refractivity contribution in [3.63, 3.8) is 0 Å². The van der Waals surface area contributed by atoms with Crippen LogP contribution in [0.15, 0.2) is 54.9 Å². The third-order valence-electron chi connectivity index (χ3n) is 3.73. The van der Waals surface area contributed by atoms with Crippen LogP contribution in [-0.4, -0.2) is 23.2 Å². The van der Waals surface area contributed by atoms with Crippen LogP contribution in [0.5, 0.6) is 0 Å². The zero-order valence-corrected chi connectivity index (χ0v) is 12.6. The molecule has 0 saturated heterocycles. The Hall–Kier alpha value is -1.71. The quantitative estimate of drug-likeness (QED) is 0.782. The second-order valence-electron chi connectivity index (χ2n) is 5.35. The molecule has 1 aromatic heterocycles. The molecule has 2 N–H and O–H groups in total. The molecule has 0 amide bonds. The average molecular weight is 284 g/mol. The van der Waals surface area contributed by atoms with E-state index in [1.54, 1.807) is 12.4 Å². The average Bonchev–Trinajstić information content (AvgIpc) is 2.55. The van der Waals surface area contributed by atoms with Gasteiger partial charge in [0.2, 0.25) is 0 Å². The molecule has 0 aliphatic carbocycles. The van der Waals surface area contributed by atoms with E-state index in [1.165, 1.54) is 5.56 Å². The fraction of sp³-hybridized carbons (Fsp3) is 0.389. The molecular weight excluding hydrogens is 260 g/mol. The van der Waals surface area contributed by atoms with Crippen molar-refractivity contribution in [3.05, 3.63) is 66.0 Å². The van der Waals surface area contributed by atoms with Crippen LogP contribution in [-0.2, 0) is 0 Å². The lowest BCUT2D eigenvalue weighted by Gasteiger charge is -2.19. The van der Waals surface area contributed by atoms with Gasteiger partial charge in [0.05, 0.1) is 6.10 Å². The van der Waals surface area contributed by atoms with Crippen LogP contribution in [0.3, 0.4) is 0 Å². The molecule has 112 valence electrons. The lowest BCUT2D eigenvalue weighted by Crippen LogP contribution is -2.26. The number of benzene rings is 1. The summed E-state index contributed by atoms with van der Waals surface area (Å²) < 4.78 is 0. The van der Waals surface area contributed by atoms with E-state index in [2.05, 4.69) is 41.5 Å². The van der Waals surface area contributed by atoms with E-state index < -0.39 is 6.10 Å². The standard InChI is InChI=1S/C18H24N2O/c1-2-6-17(15-7-4-3-5-8-15)13-20-14-18(21)16-9-11-19-12-10-16/h3-5,7-12,17-18,20-21H,2,6,13-14H2,1H3. The molecule has 3 heteroatoms. The largest absolute Gasteiger partial charge is 0.387 e. The van der Waals surface area contributed by atoms with Crippen LogP contribution < -0.4 is 5.32 Å². The molecule has 1 heterocycles. The molecule has 0 saturated carbocycles. The summed E-state index contributed by atoms with van der Waals surface area (Å²) in [5.41, 5.74) is 2.27. The molecule has 21 heavy (non-hydrogen) atoms. The molecule has 0 bridgehead atoms. The first-order valence-corrected chi connectivity index (χ1v) is 7.65. The first kappa shape index (κ1) is 15.7. The van der Waals surface area contributed by atoms with Gasteiger partial charge in [0.1, 0.15) is 0 Å². The van der Waals surface area contributed by atoms with E-state index in [1.807, 2.05) is 18.2 Å². The van der Waals surface area contributed by atoms with Gasteiger partial charge in [-0.05, 0) is 35.6 Å². The highest BCUT2D eigenvalue weighted by atomic mass is 16.3. The van der Waals surface area contributed by atoms with Crippen LogP contribution in [0.2, 0.25) is 0 Å². The molecule has 3 nitrogen and oxygen atoms in total. The van der Waals surface area contributed by atoms with Gasteiger partial charge in [-0.25, -0.2) is 0 Å². The van der Waals surface area contributed by atoms with Gasteiger partial charge in [-0.1, -0.05) is 43.7 Å². The minimum absolute atomic E-state index is 0.481. The molecule has 0 aliphatic rings. The summed E-state index contributed by atoms with van der Waals surface area (Å²) in [5.74, 6) is 0.501. The first-order valence-electron chi connectivity index (χ1n) is 7.65. The highest BCUT2D eigenvalue weighted by Gasteiger charge is 2.12. The number of aliphatic hydroxyl groups excluding tert-OH is 1. The summed E-state index contributed by atoms with van der Waals surface area (Å²) in [6, 6.07) is 14.3. The van der Waals surface area contributed by atoms with Gasteiger partial charge in [0, 0.05) is 25.5 Å². The highest BCUT2D eigenvalue weighted by Crippen LogP contribution is 2.20. The SMILES string of the molecule is CCCC(CNCC(O)c1ccncc1)c1ccccc1. The Kier molecular flexibility index (Phi) is 6.38. The number of pyridine rings is 1. The normalized spacial score (nSPS) is 13.8.